The summed E-state index contributed by atoms with van der Waals surface area (Å²) in [4.78, 5) is 2.36. The highest BCUT2D eigenvalue weighted by atomic mass is 15.2. The summed E-state index contributed by atoms with van der Waals surface area (Å²) in [6.07, 6.45) is 5.28. The molecule has 1 saturated carbocycles. The SMILES string of the molecule is CCNC(c1ccc(C2CCC2)cc1)C(C)(CC)N(C)C. The van der Waals surface area contributed by atoms with E-state index < -0.39 is 0 Å². The van der Waals surface area contributed by atoms with Gasteiger partial charge in [0.15, 0.2) is 0 Å². The molecule has 2 rings (SSSR count). The van der Waals surface area contributed by atoms with Gasteiger partial charge in [-0.1, -0.05) is 44.5 Å². The molecule has 1 aromatic carbocycles. The summed E-state index contributed by atoms with van der Waals surface area (Å²) >= 11 is 0. The molecule has 21 heavy (non-hydrogen) atoms. The van der Waals surface area contributed by atoms with Crippen LogP contribution in [0, 0.1) is 0 Å². The van der Waals surface area contributed by atoms with E-state index in [2.05, 4.69) is 69.3 Å². The Kier molecular flexibility index (Phi) is 5.45. The van der Waals surface area contributed by atoms with E-state index in [1.165, 1.54) is 30.4 Å². The molecule has 1 aromatic rings. The molecule has 2 heteroatoms. The van der Waals surface area contributed by atoms with Gasteiger partial charge in [0.05, 0.1) is 6.04 Å². The van der Waals surface area contributed by atoms with Crippen LogP contribution in [0.1, 0.15) is 69.5 Å². The Labute approximate surface area is 130 Å². The Balaban J connectivity index is 2.24. The highest BCUT2D eigenvalue weighted by Crippen LogP contribution is 2.38. The minimum Gasteiger partial charge on any atom is -0.309 e. The molecule has 1 aliphatic carbocycles. The van der Waals surface area contributed by atoms with Crippen molar-refractivity contribution >= 4 is 0 Å². The Morgan fingerprint density at radius 2 is 1.81 bits per heavy atom. The summed E-state index contributed by atoms with van der Waals surface area (Å²) in [7, 11) is 4.38. The number of hydrogen-bond acceptors (Lipinski definition) is 2. The van der Waals surface area contributed by atoms with Crippen molar-refractivity contribution in [3.05, 3.63) is 35.4 Å². The minimum atomic E-state index is 0.133. The molecule has 0 spiro atoms. The van der Waals surface area contributed by atoms with Gasteiger partial charge in [-0.3, -0.25) is 0 Å². The van der Waals surface area contributed by atoms with Gasteiger partial charge in [-0.25, -0.2) is 0 Å². The minimum absolute atomic E-state index is 0.133. The third-order valence-electron chi connectivity index (χ3n) is 5.61. The predicted molar refractivity (Wildman–Crippen MR) is 91.8 cm³/mol. The normalized spacial score (nSPS) is 20.1. The summed E-state index contributed by atoms with van der Waals surface area (Å²) in [5.41, 5.74) is 3.08. The molecule has 0 bridgehead atoms. The fourth-order valence-corrected chi connectivity index (χ4v) is 3.38. The van der Waals surface area contributed by atoms with Crippen LogP contribution < -0.4 is 5.32 Å². The van der Waals surface area contributed by atoms with Gasteiger partial charge in [0, 0.05) is 5.54 Å². The monoisotopic (exact) mass is 288 g/mol. The number of rotatable bonds is 7. The first-order valence-electron chi connectivity index (χ1n) is 8.53. The van der Waals surface area contributed by atoms with Gasteiger partial charge in [-0.2, -0.15) is 0 Å². The number of nitrogens with one attached hydrogen (secondary N) is 1. The molecule has 0 amide bonds. The van der Waals surface area contributed by atoms with E-state index in [4.69, 9.17) is 0 Å². The first-order chi connectivity index (χ1) is 10.0. The van der Waals surface area contributed by atoms with Crippen molar-refractivity contribution in [3.63, 3.8) is 0 Å². The maximum atomic E-state index is 3.71. The lowest BCUT2D eigenvalue weighted by Gasteiger charge is -2.43. The van der Waals surface area contributed by atoms with Crippen LogP contribution in [0.4, 0.5) is 0 Å². The van der Waals surface area contributed by atoms with Gasteiger partial charge in [0.1, 0.15) is 0 Å². The first-order valence-corrected chi connectivity index (χ1v) is 8.53. The largest absolute Gasteiger partial charge is 0.309 e. The molecule has 0 heterocycles. The van der Waals surface area contributed by atoms with E-state index in [1.54, 1.807) is 0 Å². The van der Waals surface area contributed by atoms with E-state index in [-0.39, 0.29) is 5.54 Å². The topological polar surface area (TPSA) is 15.3 Å². The van der Waals surface area contributed by atoms with Gasteiger partial charge < -0.3 is 10.2 Å². The summed E-state index contributed by atoms with van der Waals surface area (Å²) in [5, 5.41) is 3.71. The quantitative estimate of drug-likeness (QED) is 0.803. The van der Waals surface area contributed by atoms with Crippen LogP contribution in [0.15, 0.2) is 24.3 Å². The summed E-state index contributed by atoms with van der Waals surface area (Å²) in [5.74, 6) is 0.822. The molecular weight excluding hydrogens is 256 g/mol. The Morgan fingerprint density at radius 3 is 2.19 bits per heavy atom. The number of nitrogens with zero attached hydrogens (tertiary/aromatic N) is 1. The van der Waals surface area contributed by atoms with Crippen molar-refractivity contribution in [2.45, 2.75) is 64.0 Å². The second kappa shape index (κ2) is 6.93. The van der Waals surface area contributed by atoms with Crippen molar-refractivity contribution in [1.29, 1.82) is 0 Å². The van der Waals surface area contributed by atoms with Crippen molar-refractivity contribution < 1.29 is 0 Å². The summed E-state index contributed by atoms with van der Waals surface area (Å²) in [6, 6.07) is 9.78. The predicted octanol–water partition coefficient (Wildman–Crippen LogP) is 4.34. The molecule has 0 aliphatic heterocycles. The summed E-state index contributed by atoms with van der Waals surface area (Å²) in [6.45, 7) is 7.84. The zero-order chi connectivity index (χ0) is 15.5. The molecule has 0 radical (unpaired) electrons. The molecule has 1 fully saturated rings. The zero-order valence-electron chi connectivity index (χ0n) is 14.4. The van der Waals surface area contributed by atoms with Gasteiger partial charge in [-0.15, -0.1) is 0 Å². The van der Waals surface area contributed by atoms with E-state index in [9.17, 15) is 0 Å². The molecule has 0 saturated heterocycles. The molecule has 2 unspecified atom stereocenters. The maximum absolute atomic E-state index is 3.71. The molecule has 1 aliphatic rings. The third-order valence-corrected chi connectivity index (χ3v) is 5.61. The van der Waals surface area contributed by atoms with Crippen LogP contribution >= 0.6 is 0 Å². The van der Waals surface area contributed by atoms with Gasteiger partial charge >= 0.3 is 0 Å². The number of benzene rings is 1. The number of likely N-dealkylation sites (N-methyl/N-ethyl adjacent to an activating group) is 2. The van der Waals surface area contributed by atoms with Crippen LogP contribution in [0.5, 0.6) is 0 Å². The van der Waals surface area contributed by atoms with Crippen LogP contribution in [-0.2, 0) is 0 Å². The second-order valence-electron chi connectivity index (χ2n) is 6.89. The lowest BCUT2D eigenvalue weighted by molar-refractivity contribution is 0.113. The third kappa shape index (κ3) is 3.32. The van der Waals surface area contributed by atoms with Crippen LogP contribution in [0.3, 0.4) is 0 Å². The lowest BCUT2D eigenvalue weighted by atomic mass is 9.78. The molecule has 2 atom stereocenters. The summed E-state index contributed by atoms with van der Waals surface area (Å²) < 4.78 is 0. The molecule has 0 aromatic heterocycles. The van der Waals surface area contributed by atoms with E-state index in [1.807, 2.05) is 0 Å². The average Bonchev–Trinajstić information content (AvgIpc) is 2.43. The van der Waals surface area contributed by atoms with Gasteiger partial charge in [0.25, 0.3) is 0 Å². The van der Waals surface area contributed by atoms with E-state index in [0.717, 1.165) is 18.9 Å². The first kappa shape index (κ1) is 16.5. The van der Waals surface area contributed by atoms with E-state index in [0.29, 0.717) is 6.04 Å². The molecule has 1 N–H and O–H groups in total. The van der Waals surface area contributed by atoms with Gasteiger partial charge in [-0.05, 0) is 63.9 Å². The van der Waals surface area contributed by atoms with E-state index >= 15 is 0 Å². The van der Waals surface area contributed by atoms with Crippen molar-refractivity contribution in [3.8, 4) is 0 Å². The number of hydrogen-bond donors (Lipinski definition) is 1. The Hall–Kier alpha value is -0.860. The van der Waals surface area contributed by atoms with Crippen LogP contribution in [0.25, 0.3) is 0 Å². The highest BCUT2D eigenvalue weighted by molar-refractivity contribution is 5.30. The highest BCUT2D eigenvalue weighted by Gasteiger charge is 2.35. The Morgan fingerprint density at radius 1 is 1.19 bits per heavy atom. The standard InChI is InChI=1S/C19H32N2/c1-6-19(3,21(4)5)18(20-7-2)17-13-11-16(12-14-17)15-9-8-10-15/h11-15,18,20H,6-10H2,1-5H3. The van der Waals surface area contributed by atoms with Crippen molar-refractivity contribution in [1.82, 2.24) is 10.2 Å². The fraction of sp³-hybridized carbons (Fsp3) is 0.684. The Bertz CT molecular complexity index is 433. The van der Waals surface area contributed by atoms with Gasteiger partial charge in [0.2, 0.25) is 0 Å². The second-order valence-corrected chi connectivity index (χ2v) is 6.89. The lowest BCUT2D eigenvalue weighted by Crippen LogP contribution is -2.51. The molecule has 2 nitrogen and oxygen atoms in total. The fourth-order valence-electron chi connectivity index (χ4n) is 3.38. The molecular formula is C19H32N2. The van der Waals surface area contributed by atoms with Crippen LogP contribution in [0.2, 0.25) is 0 Å². The maximum Gasteiger partial charge on any atom is 0.0504 e. The van der Waals surface area contributed by atoms with Crippen molar-refractivity contribution in [2.24, 2.45) is 0 Å². The molecule has 118 valence electrons. The van der Waals surface area contributed by atoms with Crippen LogP contribution in [-0.4, -0.2) is 31.1 Å². The smallest absolute Gasteiger partial charge is 0.0504 e. The average molecular weight is 288 g/mol. The zero-order valence-corrected chi connectivity index (χ0v) is 14.4. The van der Waals surface area contributed by atoms with Crippen molar-refractivity contribution in [2.75, 3.05) is 20.6 Å².